The molecule has 0 bridgehead atoms. The summed E-state index contributed by atoms with van der Waals surface area (Å²) in [5, 5.41) is 8.03. The zero-order valence-corrected chi connectivity index (χ0v) is 11.7. The first-order chi connectivity index (χ1) is 8.02. The van der Waals surface area contributed by atoms with Crippen LogP contribution in [0.1, 0.15) is 27.7 Å². The van der Waals surface area contributed by atoms with Crippen molar-refractivity contribution in [2.45, 2.75) is 44.5 Å². The highest BCUT2D eigenvalue weighted by Gasteiger charge is 2.48. The van der Waals surface area contributed by atoms with Gasteiger partial charge in [-0.25, -0.2) is 8.78 Å². The van der Waals surface area contributed by atoms with E-state index in [1.54, 1.807) is 0 Å². The summed E-state index contributed by atoms with van der Waals surface area (Å²) in [7, 11) is -5.67. The van der Waals surface area contributed by atoms with Gasteiger partial charge in [-0.2, -0.15) is 21.6 Å². The van der Waals surface area contributed by atoms with Crippen molar-refractivity contribution in [2.24, 2.45) is 0 Å². The molecule has 0 aromatic rings. The Morgan fingerprint density at radius 2 is 1.26 bits per heavy atom. The van der Waals surface area contributed by atoms with Crippen molar-refractivity contribution in [1.82, 2.24) is 0 Å². The van der Waals surface area contributed by atoms with Gasteiger partial charge in [0, 0.05) is 0 Å². The maximum Gasteiger partial charge on any atom is 0.523 e. The average molecular weight is 316 g/mol. The number of aliphatic hydroxyl groups is 1. The molecule has 0 aromatic heterocycles. The molecule has 0 fully saturated rings. The van der Waals surface area contributed by atoms with Crippen LogP contribution in [0.5, 0.6) is 0 Å². The SMILES string of the molecule is CC(C)(F)CO.CC(C)(F)COS(=O)(=O)C(F)(F)F. The van der Waals surface area contributed by atoms with Crippen LogP contribution in [0.2, 0.25) is 0 Å². The van der Waals surface area contributed by atoms with Gasteiger partial charge in [0.2, 0.25) is 0 Å². The maximum atomic E-state index is 12.6. The molecule has 1 N–H and O–H groups in total. The summed E-state index contributed by atoms with van der Waals surface area (Å²) in [4.78, 5) is 0. The van der Waals surface area contributed by atoms with Crippen LogP contribution in [0.3, 0.4) is 0 Å². The highest BCUT2D eigenvalue weighted by Crippen LogP contribution is 2.25. The quantitative estimate of drug-likeness (QED) is 0.491. The molecule has 0 atom stereocenters. The van der Waals surface area contributed by atoms with Crippen molar-refractivity contribution in [3.8, 4) is 0 Å². The predicted molar refractivity (Wildman–Crippen MR) is 58.4 cm³/mol. The zero-order valence-electron chi connectivity index (χ0n) is 10.9. The van der Waals surface area contributed by atoms with Gasteiger partial charge in [0.25, 0.3) is 0 Å². The molecular weight excluding hydrogens is 299 g/mol. The summed E-state index contributed by atoms with van der Waals surface area (Å²) < 4.78 is 82.9. The van der Waals surface area contributed by atoms with E-state index in [1.165, 1.54) is 13.8 Å². The van der Waals surface area contributed by atoms with Crippen molar-refractivity contribution < 1.29 is 39.7 Å². The van der Waals surface area contributed by atoms with Gasteiger partial charge in [-0.15, -0.1) is 0 Å². The van der Waals surface area contributed by atoms with Gasteiger partial charge < -0.3 is 5.11 Å². The number of halogens is 5. The Morgan fingerprint density at radius 3 is 1.42 bits per heavy atom. The molecule has 0 saturated carbocycles. The van der Waals surface area contributed by atoms with E-state index < -0.39 is 40.2 Å². The maximum absolute atomic E-state index is 12.6. The van der Waals surface area contributed by atoms with Crippen LogP contribution in [0.15, 0.2) is 0 Å². The first kappa shape index (κ1) is 20.8. The standard InChI is InChI=1S/C5H8F4O3S.C4H9FO/c1-4(2,6)3-12-13(10,11)5(7,8)9;1-4(2,5)3-6/h3H2,1-2H3;6H,3H2,1-2H3. The van der Waals surface area contributed by atoms with Gasteiger partial charge in [-0.1, -0.05) is 0 Å². The van der Waals surface area contributed by atoms with Crippen molar-refractivity contribution in [3.63, 3.8) is 0 Å². The van der Waals surface area contributed by atoms with Crippen LogP contribution in [0.4, 0.5) is 22.0 Å². The highest BCUT2D eigenvalue weighted by atomic mass is 32.2. The van der Waals surface area contributed by atoms with Crippen LogP contribution >= 0.6 is 0 Å². The second-order valence-electron chi connectivity index (χ2n) is 4.76. The van der Waals surface area contributed by atoms with E-state index in [9.17, 15) is 30.4 Å². The van der Waals surface area contributed by atoms with Crippen molar-refractivity contribution in [1.29, 1.82) is 0 Å². The number of alkyl halides is 5. The van der Waals surface area contributed by atoms with E-state index in [1.807, 2.05) is 0 Å². The van der Waals surface area contributed by atoms with Gasteiger partial charge in [-0.3, -0.25) is 4.18 Å². The third-order valence-corrected chi connectivity index (χ3v) is 2.21. The Labute approximate surface area is 108 Å². The lowest BCUT2D eigenvalue weighted by atomic mass is 10.2. The fourth-order valence-corrected chi connectivity index (χ4v) is 0.854. The van der Waals surface area contributed by atoms with Gasteiger partial charge >= 0.3 is 15.6 Å². The minimum atomic E-state index is -5.67. The summed E-state index contributed by atoms with van der Waals surface area (Å²) in [5.74, 6) is 0. The third-order valence-electron chi connectivity index (χ3n) is 1.22. The Bertz CT molecular complexity index is 350. The second-order valence-corrected chi connectivity index (χ2v) is 6.36. The van der Waals surface area contributed by atoms with E-state index in [4.69, 9.17) is 5.11 Å². The number of rotatable bonds is 4. The molecule has 0 spiro atoms. The summed E-state index contributed by atoms with van der Waals surface area (Å²) in [5.41, 5.74) is -9.03. The molecule has 0 heterocycles. The van der Waals surface area contributed by atoms with Crippen LogP contribution < -0.4 is 0 Å². The number of aliphatic hydroxyl groups excluding tert-OH is 1. The topological polar surface area (TPSA) is 63.6 Å². The fraction of sp³-hybridized carbons (Fsp3) is 1.00. The summed E-state index contributed by atoms with van der Waals surface area (Å²) in [6, 6.07) is 0. The molecule has 0 aromatic carbocycles. The number of hydrogen-bond donors (Lipinski definition) is 1. The smallest absolute Gasteiger partial charge is 0.393 e. The van der Waals surface area contributed by atoms with Gasteiger partial charge in [0.05, 0.1) is 6.61 Å². The van der Waals surface area contributed by atoms with Gasteiger partial charge in [0.1, 0.15) is 17.9 Å². The number of hydrogen-bond acceptors (Lipinski definition) is 4. The molecule has 0 saturated heterocycles. The van der Waals surface area contributed by atoms with Crippen molar-refractivity contribution >= 4 is 10.1 Å². The first-order valence-corrected chi connectivity index (χ1v) is 6.37. The molecule has 0 rings (SSSR count). The molecular formula is C9H17F5O4S. The van der Waals surface area contributed by atoms with Gasteiger partial charge in [0.15, 0.2) is 0 Å². The van der Waals surface area contributed by atoms with E-state index in [-0.39, 0.29) is 0 Å². The van der Waals surface area contributed by atoms with Crippen LogP contribution in [-0.4, -0.2) is 43.6 Å². The molecule has 0 aliphatic rings. The van der Waals surface area contributed by atoms with E-state index in [0.717, 1.165) is 13.8 Å². The molecule has 0 aliphatic carbocycles. The lowest BCUT2D eigenvalue weighted by Crippen LogP contribution is -2.31. The molecule has 19 heavy (non-hydrogen) atoms. The Hall–Kier alpha value is -0.480. The van der Waals surface area contributed by atoms with E-state index in [2.05, 4.69) is 4.18 Å². The molecule has 0 radical (unpaired) electrons. The normalized spacial score (nSPS) is 13.8. The van der Waals surface area contributed by atoms with Crippen LogP contribution in [0, 0.1) is 0 Å². The van der Waals surface area contributed by atoms with Crippen LogP contribution in [-0.2, 0) is 14.3 Å². The van der Waals surface area contributed by atoms with Crippen molar-refractivity contribution in [2.75, 3.05) is 13.2 Å². The largest absolute Gasteiger partial charge is 0.523 e. The second kappa shape index (κ2) is 6.80. The first-order valence-electron chi connectivity index (χ1n) is 4.96. The summed E-state index contributed by atoms with van der Waals surface area (Å²) in [6.45, 7) is 2.90. The Kier molecular flexibility index (Phi) is 7.45. The third kappa shape index (κ3) is 12.3. The highest BCUT2D eigenvalue weighted by molar-refractivity contribution is 7.87. The minimum absolute atomic E-state index is 0.396. The molecule has 0 aliphatic heterocycles. The summed E-state index contributed by atoms with van der Waals surface area (Å²) >= 11 is 0. The minimum Gasteiger partial charge on any atom is -0.393 e. The predicted octanol–water partition coefficient (Wildman–Crippen LogP) is 2.33. The van der Waals surface area contributed by atoms with Crippen molar-refractivity contribution in [3.05, 3.63) is 0 Å². The van der Waals surface area contributed by atoms with Gasteiger partial charge in [-0.05, 0) is 27.7 Å². The Morgan fingerprint density at radius 1 is 0.947 bits per heavy atom. The zero-order chi connectivity index (χ0) is 16.1. The average Bonchev–Trinajstić information content (AvgIpc) is 2.12. The van der Waals surface area contributed by atoms with E-state index in [0.29, 0.717) is 0 Å². The monoisotopic (exact) mass is 316 g/mol. The Balaban J connectivity index is 0. The lowest BCUT2D eigenvalue weighted by Gasteiger charge is -2.14. The molecule has 0 unspecified atom stereocenters. The van der Waals surface area contributed by atoms with E-state index >= 15 is 0 Å². The fourth-order valence-electron chi connectivity index (χ4n) is 0.285. The molecule has 118 valence electrons. The molecule has 10 heteroatoms. The molecule has 0 amide bonds. The van der Waals surface area contributed by atoms with Crippen LogP contribution in [0.25, 0.3) is 0 Å². The molecule has 4 nitrogen and oxygen atoms in total. The summed E-state index contributed by atoms with van der Waals surface area (Å²) in [6.07, 6.45) is 0. The lowest BCUT2D eigenvalue weighted by molar-refractivity contribution is -0.0567.